The second-order valence-corrected chi connectivity index (χ2v) is 5.68. The second-order valence-electron chi connectivity index (χ2n) is 5.68. The molecule has 0 N–H and O–H groups in total. The summed E-state index contributed by atoms with van der Waals surface area (Å²) in [7, 11) is 0. The van der Waals surface area contributed by atoms with Gasteiger partial charge in [0.05, 0.1) is 11.8 Å². The first-order chi connectivity index (χ1) is 10.6. The molecule has 0 radical (unpaired) electrons. The maximum Gasteiger partial charge on any atom is 0.234 e. The lowest BCUT2D eigenvalue weighted by Gasteiger charge is -2.26. The van der Waals surface area contributed by atoms with Gasteiger partial charge in [0.1, 0.15) is 6.67 Å². The van der Waals surface area contributed by atoms with Gasteiger partial charge < -0.3 is 0 Å². The van der Waals surface area contributed by atoms with Crippen molar-refractivity contribution in [1.82, 2.24) is 4.90 Å². The molecule has 0 aromatic heterocycles. The smallest absolute Gasteiger partial charge is 0.234 e. The quantitative estimate of drug-likeness (QED) is 0.633. The topological polar surface area (TPSA) is 57.7 Å². The Morgan fingerprint density at radius 1 is 1.09 bits per heavy atom. The average Bonchev–Trinajstić information content (AvgIpc) is 2.78. The number of rotatable bonds is 3. The number of amides is 3. The van der Waals surface area contributed by atoms with Crippen LogP contribution in [0.3, 0.4) is 0 Å². The van der Waals surface area contributed by atoms with Crippen LogP contribution in [0, 0.1) is 11.8 Å². The van der Waals surface area contributed by atoms with E-state index in [0.717, 1.165) is 0 Å². The van der Waals surface area contributed by atoms with Gasteiger partial charge in [0, 0.05) is 12.6 Å². The molecular weight excluding hydrogens is 280 g/mol. The Kier molecular flexibility index (Phi) is 3.79. The SMILES string of the molecule is CC(=O)N(CN1C(=O)[C@@H]2CC=CC[C@H]2C1=O)c1ccccc1. The Morgan fingerprint density at radius 2 is 1.64 bits per heavy atom. The zero-order chi connectivity index (χ0) is 15.7. The predicted octanol–water partition coefficient (Wildman–Crippen LogP) is 1.95. The number of carbonyl (C=O) groups excluding carboxylic acids is 3. The Hall–Kier alpha value is -2.43. The number of benzene rings is 1. The largest absolute Gasteiger partial charge is 0.294 e. The molecule has 2 atom stereocenters. The molecule has 1 fully saturated rings. The molecule has 1 heterocycles. The van der Waals surface area contributed by atoms with E-state index >= 15 is 0 Å². The summed E-state index contributed by atoms with van der Waals surface area (Å²) < 4.78 is 0. The third-order valence-corrected chi connectivity index (χ3v) is 4.33. The first-order valence-electron chi connectivity index (χ1n) is 7.43. The highest BCUT2D eigenvalue weighted by molar-refractivity contribution is 6.06. The van der Waals surface area contributed by atoms with Crippen LogP contribution in [-0.2, 0) is 14.4 Å². The van der Waals surface area contributed by atoms with Crippen LogP contribution in [0.15, 0.2) is 42.5 Å². The van der Waals surface area contributed by atoms with Crippen LogP contribution >= 0.6 is 0 Å². The summed E-state index contributed by atoms with van der Waals surface area (Å²) in [5, 5.41) is 0. The van der Waals surface area contributed by atoms with Gasteiger partial charge in [-0.15, -0.1) is 0 Å². The number of carbonyl (C=O) groups is 3. The van der Waals surface area contributed by atoms with Crippen LogP contribution in [-0.4, -0.2) is 29.3 Å². The van der Waals surface area contributed by atoms with E-state index in [0.29, 0.717) is 18.5 Å². The van der Waals surface area contributed by atoms with Crippen LogP contribution < -0.4 is 4.90 Å². The lowest BCUT2D eigenvalue weighted by atomic mass is 9.85. The molecular formula is C17H18N2O3. The summed E-state index contributed by atoms with van der Waals surface area (Å²) in [6.45, 7) is 1.43. The van der Waals surface area contributed by atoms with Gasteiger partial charge in [0.25, 0.3) is 0 Å². The van der Waals surface area contributed by atoms with Crippen molar-refractivity contribution >= 4 is 23.4 Å². The van der Waals surface area contributed by atoms with Crippen molar-refractivity contribution in [2.24, 2.45) is 11.8 Å². The molecule has 0 unspecified atom stereocenters. The van der Waals surface area contributed by atoms with Gasteiger partial charge in [0.2, 0.25) is 17.7 Å². The molecule has 1 aromatic rings. The number of para-hydroxylation sites is 1. The normalized spacial score (nSPS) is 23.6. The van der Waals surface area contributed by atoms with Crippen molar-refractivity contribution in [2.45, 2.75) is 19.8 Å². The highest BCUT2D eigenvalue weighted by Crippen LogP contribution is 2.35. The Morgan fingerprint density at radius 3 is 2.14 bits per heavy atom. The minimum absolute atomic E-state index is 0.00991. The van der Waals surface area contributed by atoms with Crippen molar-refractivity contribution in [2.75, 3.05) is 11.6 Å². The number of anilines is 1. The molecule has 0 saturated carbocycles. The minimum atomic E-state index is -0.262. The lowest BCUT2D eigenvalue weighted by Crippen LogP contribution is -2.44. The molecule has 3 amide bonds. The standard InChI is InChI=1S/C17H18N2O3/c1-12(20)18(13-7-3-2-4-8-13)11-19-16(21)14-9-5-6-10-15(14)17(19)22/h2-8,14-15H,9-11H2,1H3/t14-,15-/m1/s1. The van der Waals surface area contributed by atoms with Crippen molar-refractivity contribution in [3.8, 4) is 0 Å². The van der Waals surface area contributed by atoms with Gasteiger partial charge in [-0.1, -0.05) is 30.4 Å². The van der Waals surface area contributed by atoms with E-state index in [9.17, 15) is 14.4 Å². The molecule has 114 valence electrons. The van der Waals surface area contributed by atoms with Crippen molar-refractivity contribution in [3.63, 3.8) is 0 Å². The fraction of sp³-hybridized carbons (Fsp3) is 0.353. The van der Waals surface area contributed by atoms with Crippen molar-refractivity contribution < 1.29 is 14.4 Å². The van der Waals surface area contributed by atoms with Crippen molar-refractivity contribution in [3.05, 3.63) is 42.5 Å². The molecule has 0 spiro atoms. The Balaban J connectivity index is 1.83. The zero-order valence-corrected chi connectivity index (χ0v) is 12.4. The summed E-state index contributed by atoms with van der Waals surface area (Å²) in [6.07, 6.45) is 5.12. The summed E-state index contributed by atoms with van der Waals surface area (Å²) in [4.78, 5) is 39.6. The van der Waals surface area contributed by atoms with E-state index in [1.54, 1.807) is 12.1 Å². The van der Waals surface area contributed by atoms with Gasteiger partial charge in [0.15, 0.2) is 0 Å². The fourth-order valence-electron chi connectivity index (χ4n) is 3.12. The van der Waals surface area contributed by atoms with Crippen LogP contribution in [0.5, 0.6) is 0 Å². The molecule has 1 aromatic carbocycles. The number of nitrogens with zero attached hydrogens (tertiary/aromatic N) is 2. The summed E-state index contributed by atoms with van der Waals surface area (Å²) in [5.74, 6) is -1.05. The number of allylic oxidation sites excluding steroid dienone is 2. The number of fused-ring (bicyclic) bond motifs is 1. The van der Waals surface area contributed by atoms with E-state index in [1.807, 2.05) is 30.4 Å². The molecule has 5 heteroatoms. The monoisotopic (exact) mass is 298 g/mol. The molecule has 1 aliphatic carbocycles. The molecule has 1 saturated heterocycles. The average molecular weight is 298 g/mol. The molecule has 3 rings (SSSR count). The molecule has 2 aliphatic rings. The van der Waals surface area contributed by atoms with Gasteiger partial charge in [-0.25, -0.2) is 0 Å². The van der Waals surface area contributed by atoms with E-state index in [-0.39, 0.29) is 36.2 Å². The van der Waals surface area contributed by atoms with E-state index in [2.05, 4.69) is 0 Å². The first-order valence-corrected chi connectivity index (χ1v) is 7.43. The molecule has 0 bridgehead atoms. The molecule has 22 heavy (non-hydrogen) atoms. The van der Waals surface area contributed by atoms with Gasteiger partial charge >= 0.3 is 0 Å². The van der Waals surface area contributed by atoms with E-state index in [4.69, 9.17) is 0 Å². The number of imide groups is 1. The Labute approximate surface area is 129 Å². The van der Waals surface area contributed by atoms with E-state index in [1.165, 1.54) is 16.7 Å². The second kappa shape index (κ2) is 5.75. The third-order valence-electron chi connectivity index (χ3n) is 4.33. The Bertz CT molecular complexity index is 613. The zero-order valence-electron chi connectivity index (χ0n) is 12.4. The van der Waals surface area contributed by atoms with Crippen LogP contribution in [0.25, 0.3) is 0 Å². The van der Waals surface area contributed by atoms with Gasteiger partial charge in [-0.2, -0.15) is 0 Å². The summed E-state index contributed by atoms with van der Waals surface area (Å²) >= 11 is 0. The highest BCUT2D eigenvalue weighted by Gasteiger charge is 2.47. The highest BCUT2D eigenvalue weighted by atomic mass is 16.2. The molecule has 5 nitrogen and oxygen atoms in total. The van der Waals surface area contributed by atoms with Gasteiger partial charge in [-0.05, 0) is 25.0 Å². The van der Waals surface area contributed by atoms with Gasteiger partial charge in [-0.3, -0.25) is 24.2 Å². The van der Waals surface area contributed by atoms with Crippen LogP contribution in [0.4, 0.5) is 5.69 Å². The van der Waals surface area contributed by atoms with Crippen LogP contribution in [0.2, 0.25) is 0 Å². The number of hydrogen-bond donors (Lipinski definition) is 0. The summed E-state index contributed by atoms with van der Waals surface area (Å²) in [5.41, 5.74) is 0.684. The van der Waals surface area contributed by atoms with Crippen LogP contribution in [0.1, 0.15) is 19.8 Å². The predicted molar refractivity (Wildman–Crippen MR) is 81.7 cm³/mol. The maximum absolute atomic E-state index is 12.5. The van der Waals surface area contributed by atoms with E-state index < -0.39 is 0 Å². The number of hydrogen-bond acceptors (Lipinski definition) is 3. The van der Waals surface area contributed by atoms with Crippen molar-refractivity contribution in [1.29, 1.82) is 0 Å². The third kappa shape index (κ3) is 2.43. The minimum Gasteiger partial charge on any atom is -0.294 e. The fourth-order valence-corrected chi connectivity index (χ4v) is 3.12. The first kappa shape index (κ1) is 14.5. The molecule has 1 aliphatic heterocycles. The maximum atomic E-state index is 12.5. The lowest BCUT2D eigenvalue weighted by molar-refractivity contribution is -0.140. The number of likely N-dealkylation sites (tertiary alicyclic amines) is 1. The summed E-state index contributed by atoms with van der Waals surface area (Å²) in [6, 6.07) is 9.08.